The quantitative estimate of drug-likeness (QED) is 0.568. The Bertz CT molecular complexity index is 611. The van der Waals surface area contributed by atoms with E-state index in [9.17, 15) is 13.2 Å². The van der Waals surface area contributed by atoms with E-state index in [0.29, 0.717) is 9.58 Å². The molecule has 0 N–H and O–H groups in total. The lowest BCUT2D eigenvalue weighted by molar-refractivity contribution is -0.0868. The maximum atomic E-state index is 13.4. The molecule has 1 aliphatic rings. The highest BCUT2D eigenvalue weighted by molar-refractivity contribution is 7.38. The summed E-state index contributed by atoms with van der Waals surface area (Å²) in [6.45, 7) is 2.02. The van der Waals surface area contributed by atoms with Crippen LogP contribution in [0.3, 0.4) is 0 Å². The fourth-order valence-corrected chi connectivity index (χ4v) is 4.83. The summed E-state index contributed by atoms with van der Waals surface area (Å²) in [4.78, 5) is 0.627. The number of thiophene rings is 1. The summed E-state index contributed by atoms with van der Waals surface area (Å²) in [6.07, 6.45) is 3.76. The molecule has 2 aromatic rings. The molecule has 1 unspecified atom stereocenters. The molecule has 0 radical (unpaired) electrons. The van der Waals surface area contributed by atoms with Crippen molar-refractivity contribution in [3.63, 3.8) is 0 Å². The molecule has 0 amide bonds. The number of benzene rings is 1. The van der Waals surface area contributed by atoms with Crippen molar-refractivity contribution in [1.29, 1.82) is 0 Å². The van der Waals surface area contributed by atoms with Gasteiger partial charge in [-0.2, -0.15) is 0 Å². The van der Waals surface area contributed by atoms with Crippen molar-refractivity contribution in [2.45, 2.75) is 44.0 Å². The van der Waals surface area contributed by atoms with E-state index >= 15 is 0 Å². The molecule has 20 heavy (non-hydrogen) atoms. The fraction of sp³-hybridized carbons (Fsp3) is 0.467. The Labute approximate surface area is 125 Å². The number of hydrogen-bond acceptors (Lipinski definition) is 0. The van der Waals surface area contributed by atoms with Crippen LogP contribution in [0, 0.1) is 0 Å². The largest absolute Gasteiger partial charge is 0.600 e. The van der Waals surface area contributed by atoms with Gasteiger partial charge in [0.15, 0.2) is 9.58 Å². The highest BCUT2D eigenvalue weighted by Crippen LogP contribution is 2.56. The third-order valence-corrected chi connectivity index (χ3v) is 6.17. The summed E-state index contributed by atoms with van der Waals surface area (Å²) >= 11 is 0. The van der Waals surface area contributed by atoms with Gasteiger partial charge in [0.2, 0.25) is 0 Å². The van der Waals surface area contributed by atoms with Crippen LogP contribution in [0.15, 0.2) is 24.3 Å². The minimum absolute atomic E-state index is 0. The molecular formula is C15H17ClF3S+. The van der Waals surface area contributed by atoms with Gasteiger partial charge in [-0.1, -0.05) is 19.4 Å². The summed E-state index contributed by atoms with van der Waals surface area (Å²) in [5.74, 6) is 0.155. The maximum Gasteiger partial charge on any atom is 0.600 e. The Balaban J connectivity index is 0.00000147. The Morgan fingerprint density at radius 2 is 1.90 bits per heavy atom. The first-order chi connectivity index (χ1) is 9.00. The van der Waals surface area contributed by atoms with Crippen molar-refractivity contribution in [3.8, 4) is 0 Å². The second-order valence-electron chi connectivity index (χ2n) is 5.15. The number of alkyl halides is 3. The molecule has 1 aromatic carbocycles. The van der Waals surface area contributed by atoms with Crippen LogP contribution >= 0.6 is 22.9 Å². The lowest BCUT2D eigenvalue weighted by Crippen LogP contribution is -2.10. The lowest BCUT2D eigenvalue weighted by Gasteiger charge is -2.21. The number of aryl methyl sites for hydroxylation is 1. The molecule has 3 rings (SSSR count). The molecule has 0 saturated heterocycles. The Morgan fingerprint density at radius 1 is 1.20 bits per heavy atom. The van der Waals surface area contributed by atoms with Crippen LogP contribution in [0.25, 0.3) is 10.1 Å². The van der Waals surface area contributed by atoms with Crippen LogP contribution in [0.5, 0.6) is 0 Å². The molecule has 1 heterocycles. The molecule has 0 aliphatic heterocycles. The fourth-order valence-electron chi connectivity index (χ4n) is 2.69. The van der Waals surface area contributed by atoms with Crippen LogP contribution in [-0.4, -0.2) is 0 Å². The van der Waals surface area contributed by atoms with Gasteiger partial charge < -0.3 is 0 Å². The second kappa shape index (κ2) is 5.57. The van der Waals surface area contributed by atoms with E-state index in [1.165, 1.54) is 0 Å². The van der Waals surface area contributed by atoms with Gasteiger partial charge in [-0.25, -0.2) is 0 Å². The van der Waals surface area contributed by atoms with Gasteiger partial charge in [-0.05, 0) is 37.0 Å². The van der Waals surface area contributed by atoms with Gasteiger partial charge in [0.1, 0.15) is 0 Å². The predicted molar refractivity (Wildman–Crippen MR) is 80.9 cm³/mol. The van der Waals surface area contributed by atoms with E-state index in [0.717, 1.165) is 36.6 Å². The van der Waals surface area contributed by atoms with Crippen molar-refractivity contribution in [1.82, 2.24) is 0 Å². The van der Waals surface area contributed by atoms with Gasteiger partial charge in [0, 0.05) is 17.4 Å². The minimum atomic E-state index is -4.14. The van der Waals surface area contributed by atoms with Gasteiger partial charge >= 0.3 is 5.51 Å². The highest BCUT2D eigenvalue weighted by Gasteiger charge is 2.50. The summed E-state index contributed by atoms with van der Waals surface area (Å²) in [5, 5.41) is 0.793. The number of hydrogen-bond donors (Lipinski definition) is 0. The van der Waals surface area contributed by atoms with Gasteiger partial charge in [0.05, 0.1) is 10.5 Å². The SMILES string of the molecule is CCc1ccc2c(c1)cc(C1CCC1)[s+]2C(F)(F)F.Cl. The first-order valence-electron chi connectivity index (χ1n) is 6.66. The van der Waals surface area contributed by atoms with E-state index in [-0.39, 0.29) is 18.3 Å². The molecule has 1 atom stereocenters. The zero-order chi connectivity index (χ0) is 13.6. The van der Waals surface area contributed by atoms with Crippen molar-refractivity contribution >= 4 is 33.0 Å². The lowest BCUT2D eigenvalue weighted by atomic mass is 9.84. The third-order valence-electron chi connectivity index (χ3n) is 3.97. The van der Waals surface area contributed by atoms with E-state index < -0.39 is 16.0 Å². The summed E-state index contributed by atoms with van der Waals surface area (Å²) in [5.41, 5.74) is -3.03. The van der Waals surface area contributed by atoms with Crippen LogP contribution in [0.4, 0.5) is 13.2 Å². The van der Waals surface area contributed by atoms with Crippen LogP contribution < -0.4 is 0 Å². The maximum absolute atomic E-state index is 13.4. The normalized spacial score (nSPS) is 16.9. The summed E-state index contributed by atoms with van der Waals surface area (Å²) in [7, 11) is -1.69. The molecule has 5 heteroatoms. The first kappa shape index (κ1) is 15.6. The van der Waals surface area contributed by atoms with Crippen LogP contribution in [0.1, 0.15) is 42.5 Å². The van der Waals surface area contributed by atoms with E-state index in [2.05, 4.69) is 0 Å². The molecule has 1 aromatic heterocycles. The Kier molecular flexibility index (Phi) is 4.35. The van der Waals surface area contributed by atoms with E-state index in [4.69, 9.17) is 0 Å². The summed E-state index contributed by atoms with van der Waals surface area (Å²) < 4.78 is 40.6. The molecule has 0 spiro atoms. The number of fused-ring (bicyclic) bond motifs is 1. The van der Waals surface area contributed by atoms with Gasteiger partial charge in [-0.15, -0.1) is 25.6 Å². The van der Waals surface area contributed by atoms with Crippen molar-refractivity contribution in [2.24, 2.45) is 0 Å². The third kappa shape index (κ3) is 2.56. The molecule has 0 nitrogen and oxygen atoms in total. The first-order valence-corrected chi connectivity index (χ1v) is 7.89. The molecule has 110 valence electrons. The molecule has 1 saturated carbocycles. The topological polar surface area (TPSA) is 0 Å². The summed E-state index contributed by atoms with van der Waals surface area (Å²) in [6, 6.07) is 7.26. The zero-order valence-corrected chi connectivity index (χ0v) is 12.8. The van der Waals surface area contributed by atoms with Crippen LogP contribution in [0.2, 0.25) is 0 Å². The average Bonchev–Trinajstić information content (AvgIpc) is 2.63. The van der Waals surface area contributed by atoms with Crippen molar-refractivity contribution < 1.29 is 13.2 Å². The predicted octanol–water partition coefficient (Wildman–Crippen LogP) is 6.32. The monoisotopic (exact) mass is 321 g/mol. The van der Waals surface area contributed by atoms with Crippen molar-refractivity contribution in [2.75, 3.05) is 0 Å². The molecule has 1 fully saturated rings. The smallest absolute Gasteiger partial charge is 0.147 e. The number of halogens is 4. The van der Waals surface area contributed by atoms with Gasteiger partial charge in [0.25, 0.3) is 0 Å². The number of rotatable bonds is 2. The van der Waals surface area contributed by atoms with E-state index in [1.807, 2.05) is 25.1 Å². The van der Waals surface area contributed by atoms with Gasteiger partial charge in [-0.3, -0.25) is 0 Å². The minimum Gasteiger partial charge on any atom is -0.147 e. The molecule has 0 bridgehead atoms. The van der Waals surface area contributed by atoms with E-state index in [1.54, 1.807) is 6.07 Å². The average molecular weight is 322 g/mol. The molecular weight excluding hydrogens is 305 g/mol. The zero-order valence-electron chi connectivity index (χ0n) is 11.2. The standard InChI is InChI=1S/C15H16F3S.ClH/c1-2-10-6-7-13-12(8-10)9-14(11-4-3-5-11)19(13)15(16,17)18;/h6-9,11H,2-5H2,1H3;1H/q+1;. The van der Waals surface area contributed by atoms with Crippen molar-refractivity contribution in [3.05, 3.63) is 34.7 Å². The van der Waals surface area contributed by atoms with Crippen LogP contribution in [-0.2, 0) is 11.9 Å². The Hall–Kier alpha value is -0.740. The second-order valence-corrected chi connectivity index (χ2v) is 7.14. The molecule has 1 aliphatic carbocycles. The highest BCUT2D eigenvalue weighted by atomic mass is 35.5. The Morgan fingerprint density at radius 3 is 2.40 bits per heavy atom.